The molecule has 0 aliphatic carbocycles. The molecular weight excluding hydrogens is 152 g/mol. The van der Waals surface area contributed by atoms with Gasteiger partial charge in [0.1, 0.15) is 6.20 Å². The fourth-order valence-electron chi connectivity index (χ4n) is 0.417. The lowest BCUT2D eigenvalue weighted by molar-refractivity contribution is -0.380. The summed E-state index contributed by atoms with van der Waals surface area (Å²) in [7, 11) is 0. The van der Waals surface area contributed by atoms with Crippen LogP contribution in [0.1, 0.15) is 5.01 Å². The molecule has 1 rings (SSSR count). The number of aromatic nitrogens is 1. The van der Waals surface area contributed by atoms with Gasteiger partial charge < -0.3 is 0 Å². The zero-order chi connectivity index (χ0) is 7.56. The Hall–Kier alpha value is -1.41. The molecular formula is C5H2N2O2S. The van der Waals surface area contributed by atoms with Gasteiger partial charge in [0.05, 0.1) is 4.92 Å². The smallest absolute Gasteiger partial charge is 0.257 e. The van der Waals surface area contributed by atoms with Gasteiger partial charge in [-0.05, 0) is 17.3 Å². The fraction of sp³-hybridized carbons (Fsp3) is 0. The Morgan fingerprint density at radius 1 is 1.90 bits per heavy atom. The first kappa shape index (κ1) is 6.71. The van der Waals surface area contributed by atoms with Crippen molar-refractivity contribution in [2.24, 2.45) is 0 Å². The van der Waals surface area contributed by atoms with Crippen molar-refractivity contribution >= 4 is 16.3 Å². The van der Waals surface area contributed by atoms with Crippen LogP contribution in [0.25, 0.3) is 0 Å². The minimum atomic E-state index is -0.515. The van der Waals surface area contributed by atoms with Crippen LogP contribution in [0.15, 0.2) is 6.20 Å². The Morgan fingerprint density at radius 3 is 2.90 bits per heavy atom. The van der Waals surface area contributed by atoms with Crippen molar-refractivity contribution in [3.8, 4) is 12.3 Å². The van der Waals surface area contributed by atoms with Gasteiger partial charge in [-0.1, -0.05) is 0 Å². The summed E-state index contributed by atoms with van der Waals surface area (Å²) in [5.41, 5.74) is 0. The van der Waals surface area contributed by atoms with Gasteiger partial charge in [-0.3, -0.25) is 10.1 Å². The second-order valence-corrected chi connectivity index (χ2v) is 2.41. The summed E-state index contributed by atoms with van der Waals surface area (Å²) in [5, 5.41) is 10.4. The lowest BCUT2D eigenvalue weighted by Crippen LogP contribution is -1.80. The van der Waals surface area contributed by atoms with E-state index in [9.17, 15) is 10.1 Å². The topological polar surface area (TPSA) is 56.0 Å². The van der Waals surface area contributed by atoms with Crippen molar-refractivity contribution in [1.82, 2.24) is 4.98 Å². The molecule has 1 heterocycles. The molecule has 0 fully saturated rings. The molecule has 1 aromatic rings. The lowest BCUT2D eigenvalue weighted by Gasteiger charge is -1.76. The Labute approximate surface area is 60.7 Å². The quantitative estimate of drug-likeness (QED) is 0.345. The van der Waals surface area contributed by atoms with Crippen LogP contribution in [0, 0.1) is 22.5 Å². The summed E-state index contributed by atoms with van der Waals surface area (Å²) >= 11 is 0.895. The molecule has 1 aromatic heterocycles. The highest BCUT2D eigenvalue weighted by atomic mass is 32.1. The van der Waals surface area contributed by atoms with E-state index in [0.29, 0.717) is 5.01 Å². The average molecular weight is 154 g/mol. The second kappa shape index (κ2) is 2.45. The Kier molecular flexibility index (Phi) is 1.65. The highest BCUT2D eigenvalue weighted by Gasteiger charge is 2.08. The predicted molar refractivity (Wildman–Crippen MR) is 36.7 cm³/mol. The first-order chi connectivity index (χ1) is 4.74. The molecule has 0 saturated heterocycles. The van der Waals surface area contributed by atoms with Crippen LogP contribution in [0.3, 0.4) is 0 Å². The van der Waals surface area contributed by atoms with Gasteiger partial charge >= 0.3 is 5.00 Å². The van der Waals surface area contributed by atoms with Crippen LogP contribution in [-0.4, -0.2) is 9.91 Å². The summed E-state index contributed by atoms with van der Waals surface area (Å²) in [5.74, 6) is 2.21. The Bertz CT molecular complexity index is 299. The summed E-state index contributed by atoms with van der Waals surface area (Å²) < 4.78 is 0. The van der Waals surface area contributed by atoms with Crippen molar-refractivity contribution < 1.29 is 4.92 Å². The minimum Gasteiger partial charge on any atom is -0.257 e. The van der Waals surface area contributed by atoms with E-state index in [0.717, 1.165) is 17.5 Å². The molecule has 4 nitrogen and oxygen atoms in total. The molecule has 5 heteroatoms. The van der Waals surface area contributed by atoms with E-state index < -0.39 is 4.92 Å². The molecule has 0 radical (unpaired) electrons. The first-order valence-electron chi connectivity index (χ1n) is 2.31. The van der Waals surface area contributed by atoms with Crippen LogP contribution in [0.2, 0.25) is 0 Å². The summed E-state index contributed by atoms with van der Waals surface area (Å²) in [6.07, 6.45) is 6.09. The molecule has 10 heavy (non-hydrogen) atoms. The molecule has 0 unspecified atom stereocenters. The summed E-state index contributed by atoms with van der Waals surface area (Å²) in [6.45, 7) is 0. The summed E-state index contributed by atoms with van der Waals surface area (Å²) in [6, 6.07) is 0. The zero-order valence-electron chi connectivity index (χ0n) is 4.77. The van der Waals surface area contributed by atoms with E-state index in [1.807, 2.05) is 0 Å². The van der Waals surface area contributed by atoms with Gasteiger partial charge in [0, 0.05) is 0 Å². The predicted octanol–water partition coefficient (Wildman–Crippen LogP) is 1.03. The highest BCUT2D eigenvalue weighted by molar-refractivity contribution is 7.15. The molecule has 50 valence electrons. The van der Waals surface area contributed by atoms with Crippen LogP contribution in [0.4, 0.5) is 5.00 Å². The van der Waals surface area contributed by atoms with Crippen molar-refractivity contribution in [2.75, 3.05) is 0 Å². The number of hydrogen-bond acceptors (Lipinski definition) is 4. The van der Waals surface area contributed by atoms with Gasteiger partial charge in [-0.25, -0.2) is 4.98 Å². The highest BCUT2D eigenvalue weighted by Crippen LogP contribution is 2.19. The third-order valence-electron chi connectivity index (χ3n) is 0.797. The van der Waals surface area contributed by atoms with Gasteiger partial charge in [-0.2, -0.15) is 0 Å². The summed E-state index contributed by atoms with van der Waals surface area (Å²) in [4.78, 5) is 13.1. The van der Waals surface area contributed by atoms with Crippen molar-refractivity contribution in [3.63, 3.8) is 0 Å². The lowest BCUT2D eigenvalue weighted by atomic mass is 10.7. The molecule has 0 aromatic carbocycles. The molecule has 0 aliphatic rings. The molecule has 0 bridgehead atoms. The zero-order valence-corrected chi connectivity index (χ0v) is 5.59. The number of hydrogen-bond donors (Lipinski definition) is 0. The van der Waals surface area contributed by atoms with Crippen LogP contribution in [-0.2, 0) is 0 Å². The van der Waals surface area contributed by atoms with E-state index in [-0.39, 0.29) is 5.00 Å². The van der Waals surface area contributed by atoms with E-state index in [1.165, 1.54) is 0 Å². The normalized spacial score (nSPS) is 8.70. The third-order valence-corrected chi connectivity index (χ3v) is 1.68. The van der Waals surface area contributed by atoms with Crippen LogP contribution >= 0.6 is 11.3 Å². The van der Waals surface area contributed by atoms with Crippen LogP contribution in [0.5, 0.6) is 0 Å². The van der Waals surface area contributed by atoms with E-state index in [2.05, 4.69) is 10.9 Å². The molecule has 0 amide bonds. The standard InChI is InChI=1S/C5H2N2O2S/c1-2-4-6-3-5(10-4)7(8)9/h1,3H. The van der Waals surface area contributed by atoms with E-state index in [4.69, 9.17) is 6.42 Å². The molecule has 0 N–H and O–H groups in total. The maximum absolute atomic E-state index is 10.0. The number of rotatable bonds is 1. The largest absolute Gasteiger partial charge is 0.344 e. The number of thiazole rings is 1. The van der Waals surface area contributed by atoms with Gasteiger partial charge in [-0.15, -0.1) is 6.42 Å². The van der Waals surface area contributed by atoms with E-state index >= 15 is 0 Å². The van der Waals surface area contributed by atoms with Crippen molar-refractivity contribution in [2.45, 2.75) is 0 Å². The number of terminal acetylenes is 1. The van der Waals surface area contributed by atoms with Crippen molar-refractivity contribution in [3.05, 3.63) is 21.3 Å². The van der Waals surface area contributed by atoms with E-state index in [1.54, 1.807) is 0 Å². The maximum Gasteiger partial charge on any atom is 0.344 e. The van der Waals surface area contributed by atoms with Gasteiger partial charge in [0.15, 0.2) is 5.01 Å². The SMILES string of the molecule is C#Cc1ncc([N+](=O)[O-])s1. The number of nitro groups is 1. The Morgan fingerprint density at radius 2 is 2.60 bits per heavy atom. The number of nitrogens with zero attached hydrogens (tertiary/aromatic N) is 2. The maximum atomic E-state index is 10.0. The molecule has 0 atom stereocenters. The molecule has 0 spiro atoms. The Balaban J connectivity index is 3.02. The molecule has 0 aliphatic heterocycles. The second-order valence-electron chi connectivity index (χ2n) is 1.41. The fourth-order valence-corrected chi connectivity index (χ4v) is 0.959. The van der Waals surface area contributed by atoms with Gasteiger partial charge in [0.25, 0.3) is 0 Å². The van der Waals surface area contributed by atoms with Crippen molar-refractivity contribution in [1.29, 1.82) is 0 Å². The van der Waals surface area contributed by atoms with Gasteiger partial charge in [0.2, 0.25) is 0 Å². The average Bonchev–Trinajstić information content (AvgIpc) is 2.34. The third kappa shape index (κ3) is 1.11. The van der Waals surface area contributed by atoms with Crippen LogP contribution < -0.4 is 0 Å². The first-order valence-corrected chi connectivity index (χ1v) is 3.12. The monoisotopic (exact) mass is 154 g/mol. The minimum absolute atomic E-state index is 0.0204. The molecule has 0 saturated carbocycles.